The highest BCUT2D eigenvalue weighted by molar-refractivity contribution is 5.99. The van der Waals surface area contributed by atoms with Crippen LogP contribution in [0.3, 0.4) is 0 Å². The predicted molar refractivity (Wildman–Crippen MR) is 88.6 cm³/mol. The van der Waals surface area contributed by atoms with E-state index in [2.05, 4.69) is 0 Å². The Bertz CT molecular complexity index is 629. The fraction of sp³-hybridized carbons (Fsp3) is 0.571. The molecule has 0 aliphatic heterocycles. The number of carboxylic acid groups (broad SMARTS) is 4. The van der Waals surface area contributed by atoms with Gasteiger partial charge in [0.2, 0.25) is 11.8 Å². The van der Waals surface area contributed by atoms with Crippen LogP contribution in [0.1, 0.15) is 25.7 Å². The summed E-state index contributed by atoms with van der Waals surface area (Å²) in [5.74, 6) is -9.58. The van der Waals surface area contributed by atoms with Gasteiger partial charge in [-0.1, -0.05) is 0 Å². The number of carbonyl (C=O) groups is 6. The van der Waals surface area contributed by atoms with Gasteiger partial charge < -0.3 is 37.6 Å². The van der Waals surface area contributed by atoms with E-state index in [0.29, 0.717) is 0 Å². The Balaban J connectivity index is 7.15. The first-order valence-electron chi connectivity index (χ1n) is 7.68. The van der Waals surface area contributed by atoms with Crippen molar-refractivity contribution in [3.05, 3.63) is 0 Å². The zero-order chi connectivity index (χ0) is 22.3. The number of carbonyl (C=O) groups excluding carboxylic acids is 2. The summed E-state index contributed by atoms with van der Waals surface area (Å²) in [6.07, 6.45) is -5.25. The van der Waals surface area contributed by atoms with Crippen LogP contribution < -0.4 is 17.2 Å². The molecule has 0 fully saturated rings. The van der Waals surface area contributed by atoms with Crippen molar-refractivity contribution in [1.82, 2.24) is 4.90 Å². The van der Waals surface area contributed by atoms with E-state index in [1.54, 1.807) is 0 Å². The van der Waals surface area contributed by atoms with Gasteiger partial charge in [-0.2, -0.15) is 0 Å². The summed E-state index contributed by atoms with van der Waals surface area (Å²) in [7, 11) is 0. The van der Waals surface area contributed by atoms with Crippen LogP contribution >= 0.6 is 0 Å². The minimum Gasteiger partial charge on any atom is -0.481 e. The van der Waals surface area contributed by atoms with Crippen LogP contribution in [0, 0.1) is 0 Å². The lowest BCUT2D eigenvalue weighted by atomic mass is 9.67. The molecule has 0 unspecified atom stereocenters. The van der Waals surface area contributed by atoms with Gasteiger partial charge in [-0.3, -0.25) is 33.7 Å². The molecule has 0 spiro atoms. The summed E-state index contributed by atoms with van der Waals surface area (Å²) in [6.45, 7) is -1.83. The quantitative estimate of drug-likeness (QED) is 0.167. The van der Waals surface area contributed by atoms with Gasteiger partial charge in [-0.05, 0) is 0 Å². The van der Waals surface area contributed by atoms with E-state index in [-0.39, 0.29) is 4.90 Å². The highest BCUT2D eigenvalue weighted by Crippen LogP contribution is 2.39. The van der Waals surface area contributed by atoms with Crippen LogP contribution in [0.25, 0.3) is 0 Å². The molecule has 0 aromatic heterocycles. The minimum absolute atomic E-state index is 0.0844. The lowest BCUT2D eigenvalue weighted by molar-refractivity contribution is -0.168. The third-order valence-electron chi connectivity index (χ3n) is 4.02. The maximum Gasteiger partial charge on any atom is 0.305 e. The lowest BCUT2D eigenvalue weighted by Crippen LogP contribution is -2.74. The Morgan fingerprint density at radius 3 is 1.14 bits per heavy atom. The molecule has 0 aromatic carbocycles. The molecule has 14 nitrogen and oxygen atoms in total. The smallest absolute Gasteiger partial charge is 0.305 e. The molecule has 0 aromatic rings. The number of hydrogen-bond donors (Lipinski definition) is 7. The topological polar surface area (TPSA) is 265 Å². The van der Waals surface area contributed by atoms with Crippen molar-refractivity contribution in [3.8, 4) is 0 Å². The molecular weight excluding hydrogens is 384 g/mol. The predicted octanol–water partition coefficient (Wildman–Crippen LogP) is -3.41. The third-order valence-corrected chi connectivity index (χ3v) is 4.02. The Morgan fingerprint density at radius 2 is 0.929 bits per heavy atom. The molecule has 0 saturated carbocycles. The number of nitrogens with zero attached hydrogens (tertiary/aromatic N) is 1. The summed E-state index contributed by atoms with van der Waals surface area (Å²) in [5, 5.41) is 36.9. The van der Waals surface area contributed by atoms with Crippen molar-refractivity contribution >= 4 is 35.7 Å². The number of rotatable bonds is 12. The van der Waals surface area contributed by atoms with Crippen molar-refractivity contribution in [3.63, 3.8) is 0 Å². The van der Waals surface area contributed by atoms with Crippen molar-refractivity contribution in [2.75, 3.05) is 13.1 Å². The average Bonchev–Trinajstić information content (AvgIpc) is 2.51. The molecule has 10 N–H and O–H groups in total. The van der Waals surface area contributed by atoms with Crippen LogP contribution in [0.15, 0.2) is 0 Å². The normalized spacial score (nSPS) is 11.5. The second-order valence-corrected chi connectivity index (χ2v) is 6.00. The molecule has 0 heterocycles. The van der Waals surface area contributed by atoms with Gasteiger partial charge in [-0.25, -0.2) is 0 Å². The second kappa shape index (κ2) is 9.72. The SMILES string of the molecule is NCC(=O)N(C(=O)CN)C(CC(=O)O)(CC(=O)O)C(N)(CC(=O)O)CC(=O)O. The van der Waals surface area contributed by atoms with E-state index in [4.69, 9.17) is 27.4 Å². The first-order chi connectivity index (χ1) is 12.8. The Morgan fingerprint density at radius 1 is 0.643 bits per heavy atom. The summed E-state index contributed by atoms with van der Waals surface area (Å²) in [4.78, 5) is 70.3. The zero-order valence-electron chi connectivity index (χ0n) is 14.7. The number of amides is 2. The number of imide groups is 1. The molecule has 0 radical (unpaired) electrons. The first-order valence-corrected chi connectivity index (χ1v) is 7.68. The highest BCUT2D eigenvalue weighted by atomic mass is 16.4. The molecular formula is C14H22N4O10. The summed E-state index contributed by atoms with van der Waals surface area (Å²) >= 11 is 0. The average molecular weight is 406 g/mol. The van der Waals surface area contributed by atoms with Crippen LogP contribution in [-0.4, -0.2) is 85.2 Å². The molecule has 0 aliphatic carbocycles. The zero-order valence-corrected chi connectivity index (χ0v) is 14.7. The van der Waals surface area contributed by atoms with Crippen molar-refractivity contribution < 1.29 is 49.2 Å². The molecule has 2 amide bonds. The standard InChI is InChI=1S/C14H22N4O10/c15-5-7(19)18(8(20)6-16)14(3-11(25)26,4-12(27)28)13(17,1-9(21)22)2-10(23)24/h1-6,15-17H2,(H,21,22)(H,23,24)(H,25,26)(H,27,28). The highest BCUT2D eigenvalue weighted by Gasteiger charge is 2.59. The lowest BCUT2D eigenvalue weighted by Gasteiger charge is -2.51. The Labute approximate surface area is 157 Å². The van der Waals surface area contributed by atoms with Crippen LogP contribution in [0.5, 0.6) is 0 Å². The Hall–Kier alpha value is -3.10. The molecule has 0 rings (SSSR count). The van der Waals surface area contributed by atoms with Gasteiger partial charge in [0.15, 0.2) is 0 Å². The summed E-state index contributed by atoms with van der Waals surface area (Å²) in [5.41, 5.74) is 10.9. The molecule has 0 aliphatic rings. The first kappa shape index (κ1) is 24.9. The van der Waals surface area contributed by atoms with Gasteiger partial charge >= 0.3 is 23.9 Å². The fourth-order valence-electron chi connectivity index (χ4n) is 3.03. The van der Waals surface area contributed by atoms with Crippen LogP contribution in [0.2, 0.25) is 0 Å². The Kier molecular flexibility index (Phi) is 8.65. The van der Waals surface area contributed by atoms with E-state index >= 15 is 0 Å². The number of nitrogens with two attached hydrogens (primary N) is 3. The fourth-order valence-corrected chi connectivity index (χ4v) is 3.03. The van der Waals surface area contributed by atoms with Crippen molar-refractivity contribution in [2.45, 2.75) is 36.8 Å². The van der Waals surface area contributed by atoms with E-state index in [9.17, 15) is 39.0 Å². The maximum absolute atomic E-state index is 12.3. The molecule has 0 atom stereocenters. The van der Waals surface area contributed by atoms with Crippen LogP contribution in [0.4, 0.5) is 0 Å². The maximum atomic E-state index is 12.3. The van der Waals surface area contributed by atoms with E-state index < -0.39 is 85.5 Å². The van der Waals surface area contributed by atoms with Gasteiger partial charge in [-0.15, -0.1) is 0 Å². The third kappa shape index (κ3) is 5.70. The number of aliphatic carboxylic acids is 4. The van der Waals surface area contributed by atoms with Crippen molar-refractivity contribution in [2.24, 2.45) is 17.2 Å². The largest absolute Gasteiger partial charge is 0.481 e. The van der Waals surface area contributed by atoms with Gasteiger partial charge in [0.1, 0.15) is 0 Å². The van der Waals surface area contributed by atoms with E-state index in [1.165, 1.54) is 0 Å². The second-order valence-electron chi connectivity index (χ2n) is 6.00. The van der Waals surface area contributed by atoms with E-state index in [1.807, 2.05) is 0 Å². The van der Waals surface area contributed by atoms with Gasteiger partial charge in [0.25, 0.3) is 0 Å². The molecule has 0 bridgehead atoms. The molecule has 14 heteroatoms. The summed E-state index contributed by atoms with van der Waals surface area (Å²) in [6, 6.07) is 0. The summed E-state index contributed by atoms with van der Waals surface area (Å²) < 4.78 is 0. The molecule has 158 valence electrons. The van der Waals surface area contributed by atoms with E-state index in [0.717, 1.165) is 0 Å². The number of carboxylic acids is 4. The van der Waals surface area contributed by atoms with Gasteiger partial charge in [0, 0.05) is 0 Å². The molecule has 28 heavy (non-hydrogen) atoms. The van der Waals surface area contributed by atoms with Gasteiger partial charge in [0.05, 0.1) is 49.9 Å². The minimum atomic E-state index is -2.78. The number of hydrogen-bond acceptors (Lipinski definition) is 9. The molecule has 0 saturated heterocycles. The van der Waals surface area contributed by atoms with Crippen molar-refractivity contribution in [1.29, 1.82) is 0 Å². The monoisotopic (exact) mass is 406 g/mol. The van der Waals surface area contributed by atoms with Crippen LogP contribution in [-0.2, 0) is 28.8 Å².